The molecule has 0 aromatic heterocycles. The zero-order chi connectivity index (χ0) is 22.5. The van der Waals surface area contributed by atoms with Gasteiger partial charge < -0.3 is 18.9 Å². The van der Waals surface area contributed by atoms with Crippen molar-refractivity contribution in [3.05, 3.63) is 0 Å². The zero-order valence-electron chi connectivity index (χ0n) is 18.6. The molecule has 0 fully saturated rings. The Hall–Kier alpha value is -2.12. The van der Waals surface area contributed by atoms with E-state index in [2.05, 4.69) is 0 Å². The molecule has 0 unspecified atom stereocenters. The molecule has 29 heavy (non-hydrogen) atoms. The smallest absolute Gasteiger partial charge is 0.311 e. The zero-order valence-corrected chi connectivity index (χ0v) is 18.6. The average Bonchev–Trinajstić information content (AvgIpc) is 2.60. The van der Waals surface area contributed by atoms with Gasteiger partial charge in [-0.25, -0.2) is 0 Å². The van der Waals surface area contributed by atoms with Crippen molar-refractivity contribution in [3.8, 4) is 0 Å². The van der Waals surface area contributed by atoms with Crippen molar-refractivity contribution < 1.29 is 38.1 Å². The SMILES string of the molecule is CC(C)(C)C(=O)OCCOC(=O)CCCCCC(=O)OCCOC(=O)C(C)(C)C. The molecular weight excluding hydrogens is 380 g/mol. The molecule has 8 heteroatoms. The van der Waals surface area contributed by atoms with E-state index >= 15 is 0 Å². The van der Waals surface area contributed by atoms with Crippen molar-refractivity contribution in [1.82, 2.24) is 0 Å². The second-order valence-corrected chi connectivity index (χ2v) is 8.77. The maximum Gasteiger partial charge on any atom is 0.311 e. The second-order valence-electron chi connectivity index (χ2n) is 8.77. The lowest BCUT2D eigenvalue weighted by Crippen LogP contribution is -2.25. The van der Waals surface area contributed by atoms with E-state index < -0.39 is 10.8 Å². The second kappa shape index (κ2) is 13.2. The third kappa shape index (κ3) is 14.5. The summed E-state index contributed by atoms with van der Waals surface area (Å²) in [7, 11) is 0. The fourth-order valence-corrected chi connectivity index (χ4v) is 1.87. The minimum atomic E-state index is -0.581. The van der Waals surface area contributed by atoms with Crippen LogP contribution in [0.15, 0.2) is 0 Å². The van der Waals surface area contributed by atoms with E-state index in [-0.39, 0.29) is 63.1 Å². The van der Waals surface area contributed by atoms with E-state index in [0.717, 1.165) is 0 Å². The van der Waals surface area contributed by atoms with Gasteiger partial charge >= 0.3 is 23.9 Å². The molecule has 0 aromatic carbocycles. The Morgan fingerprint density at radius 3 is 1.14 bits per heavy atom. The quantitative estimate of drug-likeness (QED) is 0.271. The van der Waals surface area contributed by atoms with Crippen molar-refractivity contribution in [2.24, 2.45) is 10.8 Å². The van der Waals surface area contributed by atoms with Gasteiger partial charge in [-0.05, 0) is 54.4 Å². The van der Waals surface area contributed by atoms with Crippen molar-refractivity contribution in [3.63, 3.8) is 0 Å². The van der Waals surface area contributed by atoms with Gasteiger partial charge in [0.15, 0.2) is 0 Å². The first-order valence-corrected chi connectivity index (χ1v) is 9.99. The van der Waals surface area contributed by atoms with Gasteiger partial charge in [-0.1, -0.05) is 6.42 Å². The molecule has 0 N–H and O–H groups in total. The summed E-state index contributed by atoms with van der Waals surface area (Å²) in [5, 5.41) is 0. The fourth-order valence-electron chi connectivity index (χ4n) is 1.87. The van der Waals surface area contributed by atoms with Crippen LogP contribution in [-0.4, -0.2) is 50.3 Å². The Labute approximate surface area is 173 Å². The highest BCUT2D eigenvalue weighted by molar-refractivity contribution is 5.75. The third-order valence-electron chi connectivity index (χ3n) is 3.65. The van der Waals surface area contributed by atoms with E-state index in [9.17, 15) is 19.2 Å². The molecule has 0 atom stereocenters. The lowest BCUT2D eigenvalue weighted by Gasteiger charge is -2.16. The number of ether oxygens (including phenoxy) is 4. The number of unbranched alkanes of at least 4 members (excludes halogenated alkanes) is 2. The molecule has 0 amide bonds. The fraction of sp³-hybridized carbons (Fsp3) is 0.810. The van der Waals surface area contributed by atoms with Crippen molar-refractivity contribution >= 4 is 23.9 Å². The molecular formula is C21H36O8. The Morgan fingerprint density at radius 2 is 0.828 bits per heavy atom. The van der Waals surface area contributed by atoms with E-state index in [1.165, 1.54) is 0 Å². The predicted molar refractivity (Wildman–Crippen MR) is 106 cm³/mol. The molecule has 0 rings (SSSR count). The van der Waals surface area contributed by atoms with Gasteiger partial charge in [0, 0.05) is 12.8 Å². The summed E-state index contributed by atoms with van der Waals surface area (Å²) in [6.07, 6.45) is 2.35. The van der Waals surface area contributed by atoms with Crippen molar-refractivity contribution in [2.75, 3.05) is 26.4 Å². The average molecular weight is 417 g/mol. The minimum absolute atomic E-state index is 0.0345. The summed E-state index contributed by atoms with van der Waals surface area (Å²) >= 11 is 0. The molecule has 0 bridgehead atoms. The van der Waals surface area contributed by atoms with E-state index in [1.807, 2.05) is 0 Å². The number of carbonyl (C=O) groups is 4. The summed E-state index contributed by atoms with van der Waals surface area (Å²) < 4.78 is 20.0. The van der Waals surface area contributed by atoms with Crippen LogP contribution in [0.4, 0.5) is 0 Å². The Kier molecular flexibility index (Phi) is 12.2. The molecule has 0 aromatic rings. The monoisotopic (exact) mass is 416 g/mol. The Morgan fingerprint density at radius 1 is 0.517 bits per heavy atom. The molecule has 0 aliphatic heterocycles. The summed E-state index contributed by atoms with van der Waals surface area (Å²) in [5.74, 6) is -1.40. The molecule has 0 aliphatic rings. The summed E-state index contributed by atoms with van der Waals surface area (Å²) in [4.78, 5) is 46.2. The van der Waals surface area contributed by atoms with E-state index in [0.29, 0.717) is 19.3 Å². The minimum Gasteiger partial charge on any atom is -0.462 e. The van der Waals surface area contributed by atoms with Crippen LogP contribution in [-0.2, 0) is 38.1 Å². The first-order valence-electron chi connectivity index (χ1n) is 9.99. The highest BCUT2D eigenvalue weighted by Gasteiger charge is 2.23. The summed E-state index contributed by atoms with van der Waals surface area (Å²) in [6, 6.07) is 0. The van der Waals surface area contributed by atoms with Gasteiger partial charge in [0.1, 0.15) is 26.4 Å². The first-order chi connectivity index (χ1) is 13.3. The predicted octanol–water partition coefficient (Wildman–Crippen LogP) is 3.20. The van der Waals surface area contributed by atoms with Crippen LogP contribution in [0, 0.1) is 10.8 Å². The molecule has 0 spiro atoms. The molecule has 0 aliphatic carbocycles. The van der Waals surface area contributed by atoms with Gasteiger partial charge in [-0.15, -0.1) is 0 Å². The Balaban J connectivity index is 3.61. The van der Waals surface area contributed by atoms with E-state index in [4.69, 9.17) is 18.9 Å². The van der Waals surface area contributed by atoms with E-state index in [1.54, 1.807) is 41.5 Å². The topological polar surface area (TPSA) is 105 Å². The first kappa shape index (κ1) is 26.9. The summed E-state index contributed by atoms with van der Waals surface area (Å²) in [6.45, 7) is 10.6. The molecule has 0 heterocycles. The van der Waals surface area contributed by atoms with Crippen LogP contribution in [0.1, 0.15) is 73.6 Å². The standard InChI is InChI=1S/C21H36O8/c1-20(2,3)18(24)28-14-12-26-16(22)10-8-7-9-11-17(23)27-13-15-29-19(25)21(4,5)6/h7-15H2,1-6H3. The van der Waals surface area contributed by atoms with Crippen molar-refractivity contribution in [2.45, 2.75) is 73.6 Å². The summed E-state index contributed by atoms with van der Waals surface area (Å²) in [5.41, 5.74) is -1.16. The molecule has 168 valence electrons. The van der Waals surface area contributed by atoms with Crippen LogP contribution in [0.2, 0.25) is 0 Å². The van der Waals surface area contributed by atoms with Gasteiger partial charge in [-0.3, -0.25) is 19.2 Å². The third-order valence-corrected chi connectivity index (χ3v) is 3.65. The highest BCUT2D eigenvalue weighted by Crippen LogP contribution is 2.15. The van der Waals surface area contributed by atoms with Crippen LogP contribution < -0.4 is 0 Å². The van der Waals surface area contributed by atoms with Crippen molar-refractivity contribution in [1.29, 1.82) is 0 Å². The number of rotatable bonds is 12. The highest BCUT2D eigenvalue weighted by atomic mass is 16.6. The number of carbonyl (C=O) groups excluding carboxylic acids is 4. The lowest BCUT2D eigenvalue weighted by atomic mass is 9.97. The lowest BCUT2D eigenvalue weighted by molar-refractivity contribution is -0.158. The van der Waals surface area contributed by atoms with Crippen LogP contribution in [0.5, 0.6) is 0 Å². The van der Waals surface area contributed by atoms with Crippen LogP contribution in [0.3, 0.4) is 0 Å². The normalized spacial score (nSPS) is 11.5. The largest absolute Gasteiger partial charge is 0.462 e. The Bertz CT molecular complexity index is 492. The van der Waals surface area contributed by atoms with Gasteiger partial charge in [0.2, 0.25) is 0 Å². The van der Waals surface area contributed by atoms with Crippen LogP contribution >= 0.6 is 0 Å². The molecule has 8 nitrogen and oxygen atoms in total. The molecule has 0 radical (unpaired) electrons. The molecule has 0 saturated carbocycles. The number of esters is 4. The number of hydrogen-bond acceptors (Lipinski definition) is 8. The maximum atomic E-state index is 11.6. The molecule has 0 saturated heterocycles. The van der Waals surface area contributed by atoms with Gasteiger partial charge in [0.05, 0.1) is 10.8 Å². The maximum absolute atomic E-state index is 11.6. The number of hydrogen-bond donors (Lipinski definition) is 0. The van der Waals surface area contributed by atoms with Gasteiger partial charge in [-0.2, -0.15) is 0 Å². The van der Waals surface area contributed by atoms with Gasteiger partial charge in [0.25, 0.3) is 0 Å². The van der Waals surface area contributed by atoms with Crippen LogP contribution in [0.25, 0.3) is 0 Å².